The number of methoxy groups -OCH3 is 1. The van der Waals surface area contributed by atoms with E-state index >= 15 is 0 Å². The molecule has 0 saturated carbocycles. The van der Waals surface area contributed by atoms with Crippen LogP contribution in [0.25, 0.3) is 0 Å². The molecule has 0 radical (unpaired) electrons. The summed E-state index contributed by atoms with van der Waals surface area (Å²) >= 11 is 0. The first-order valence-electron chi connectivity index (χ1n) is 8.84. The average Bonchev–Trinajstić information content (AvgIpc) is 2.86. The second-order valence-corrected chi connectivity index (χ2v) is 8.66. The summed E-state index contributed by atoms with van der Waals surface area (Å²) in [7, 11) is -1.54. The van der Waals surface area contributed by atoms with Gasteiger partial charge in [-0.25, -0.2) is 8.42 Å². The van der Waals surface area contributed by atoms with Crippen LogP contribution < -0.4 is 9.47 Å². The Morgan fingerprint density at radius 3 is 2.63 bits per heavy atom. The number of ether oxygens (including phenoxy) is 3. The molecule has 1 saturated heterocycles. The van der Waals surface area contributed by atoms with Crippen molar-refractivity contribution in [2.75, 3.05) is 39.7 Å². The van der Waals surface area contributed by atoms with Crippen molar-refractivity contribution in [3.05, 3.63) is 54.1 Å². The molecule has 1 heterocycles. The lowest BCUT2D eigenvalue weighted by atomic mass is 10.2. The summed E-state index contributed by atoms with van der Waals surface area (Å²) in [5, 5.41) is 0. The first kappa shape index (κ1) is 19.7. The maximum absolute atomic E-state index is 11.6. The van der Waals surface area contributed by atoms with Crippen LogP contribution in [0.4, 0.5) is 0 Å². The Kier molecular flexibility index (Phi) is 6.36. The minimum absolute atomic E-state index is 0.123. The van der Waals surface area contributed by atoms with Crippen LogP contribution >= 0.6 is 0 Å². The van der Waals surface area contributed by atoms with Crippen LogP contribution in [-0.4, -0.2) is 59.1 Å². The first-order valence-corrected chi connectivity index (χ1v) is 10.7. The van der Waals surface area contributed by atoms with E-state index in [4.69, 9.17) is 14.2 Å². The van der Waals surface area contributed by atoms with E-state index in [1.165, 1.54) is 11.8 Å². The lowest BCUT2D eigenvalue weighted by Crippen LogP contribution is -2.35. The van der Waals surface area contributed by atoms with E-state index in [0.717, 1.165) is 25.4 Å². The topological polar surface area (TPSA) is 65.1 Å². The molecule has 0 spiro atoms. The largest absolute Gasteiger partial charge is 0.497 e. The van der Waals surface area contributed by atoms with Crippen LogP contribution in [0.1, 0.15) is 5.56 Å². The predicted molar refractivity (Wildman–Crippen MR) is 103 cm³/mol. The van der Waals surface area contributed by atoms with Gasteiger partial charge in [0, 0.05) is 25.9 Å². The van der Waals surface area contributed by atoms with Crippen molar-refractivity contribution in [3.8, 4) is 11.5 Å². The van der Waals surface area contributed by atoms with Gasteiger partial charge < -0.3 is 14.2 Å². The van der Waals surface area contributed by atoms with E-state index < -0.39 is 9.84 Å². The smallest absolute Gasteiger partial charge is 0.175 e. The van der Waals surface area contributed by atoms with Crippen molar-refractivity contribution in [2.24, 2.45) is 0 Å². The van der Waals surface area contributed by atoms with E-state index in [2.05, 4.69) is 11.0 Å². The molecule has 0 amide bonds. The molecule has 1 aliphatic rings. The minimum atomic E-state index is -3.21. The van der Waals surface area contributed by atoms with Gasteiger partial charge in [0.15, 0.2) is 9.84 Å². The van der Waals surface area contributed by atoms with Crippen molar-refractivity contribution in [2.45, 2.75) is 17.5 Å². The summed E-state index contributed by atoms with van der Waals surface area (Å²) in [6, 6.07) is 14.5. The van der Waals surface area contributed by atoms with Gasteiger partial charge in [0.05, 0.1) is 25.2 Å². The highest BCUT2D eigenvalue weighted by Gasteiger charge is 2.20. The number of nitrogens with zero attached hydrogens (tertiary/aromatic N) is 1. The van der Waals surface area contributed by atoms with Gasteiger partial charge in [0.25, 0.3) is 0 Å². The Balaban J connectivity index is 1.64. The SMILES string of the molecule is COc1cccc(CN2CCOCC(Oc3ccc(S(C)(=O)=O)cc3)C2)c1. The zero-order valence-electron chi connectivity index (χ0n) is 15.6. The van der Waals surface area contributed by atoms with Crippen LogP contribution in [0.3, 0.4) is 0 Å². The van der Waals surface area contributed by atoms with E-state index in [1.807, 2.05) is 18.2 Å². The van der Waals surface area contributed by atoms with Gasteiger partial charge in [-0.05, 0) is 42.0 Å². The number of rotatable bonds is 6. The molecule has 0 aliphatic carbocycles. The second-order valence-electron chi connectivity index (χ2n) is 6.64. The molecule has 1 unspecified atom stereocenters. The summed E-state index contributed by atoms with van der Waals surface area (Å²) in [6.45, 7) is 3.49. The molecule has 0 bridgehead atoms. The molecule has 2 aromatic carbocycles. The van der Waals surface area contributed by atoms with Gasteiger partial charge in [-0.15, -0.1) is 0 Å². The maximum Gasteiger partial charge on any atom is 0.175 e. The van der Waals surface area contributed by atoms with E-state index in [9.17, 15) is 8.42 Å². The van der Waals surface area contributed by atoms with Crippen LogP contribution in [0.5, 0.6) is 11.5 Å². The van der Waals surface area contributed by atoms with Gasteiger partial charge in [0.2, 0.25) is 0 Å². The Morgan fingerprint density at radius 2 is 1.93 bits per heavy atom. The summed E-state index contributed by atoms with van der Waals surface area (Å²) in [6.07, 6.45) is 1.07. The normalized spacial score (nSPS) is 18.7. The molecule has 1 aliphatic heterocycles. The van der Waals surface area contributed by atoms with Gasteiger partial charge in [-0.3, -0.25) is 4.90 Å². The third kappa shape index (κ3) is 5.69. The molecular formula is C20H25NO5S. The Bertz CT molecular complexity index is 851. The monoisotopic (exact) mass is 391 g/mol. The molecule has 27 heavy (non-hydrogen) atoms. The van der Waals surface area contributed by atoms with E-state index in [0.29, 0.717) is 19.0 Å². The molecule has 1 fully saturated rings. The van der Waals surface area contributed by atoms with Gasteiger partial charge in [0.1, 0.15) is 17.6 Å². The van der Waals surface area contributed by atoms with Crippen molar-refractivity contribution >= 4 is 9.84 Å². The zero-order valence-corrected chi connectivity index (χ0v) is 16.4. The summed E-state index contributed by atoms with van der Waals surface area (Å²) in [5.74, 6) is 1.48. The summed E-state index contributed by atoms with van der Waals surface area (Å²) in [5.41, 5.74) is 1.17. The summed E-state index contributed by atoms with van der Waals surface area (Å²) in [4.78, 5) is 2.57. The molecule has 3 rings (SSSR count). The highest BCUT2D eigenvalue weighted by Crippen LogP contribution is 2.19. The second kappa shape index (κ2) is 8.73. The Morgan fingerprint density at radius 1 is 1.15 bits per heavy atom. The van der Waals surface area contributed by atoms with Crippen LogP contribution in [-0.2, 0) is 21.1 Å². The molecule has 2 aromatic rings. The number of sulfone groups is 1. The predicted octanol–water partition coefficient (Wildman–Crippen LogP) is 2.38. The van der Waals surface area contributed by atoms with Crippen LogP contribution in [0, 0.1) is 0 Å². The van der Waals surface area contributed by atoms with Crippen molar-refractivity contribution in [3.63, 3.8) is 0 Å². The molecule has 0 N–H and O–H groups in total. The lowest BCUT2D eigenvalue weighted by Gasteiger charge is -2.24. The maximum atomic E-state index is 11.6. The third-order valence-electron chi connectivity index (χ3n) is 4.41. The fourth-order valence-corrected chi connectivity index (χ4v) is 3.67. The quantitative estimate of drug-likeness (QED) is 0.753. The molecule has 0 aromatic heterocycles. The first-order chi connectivity index (χ1) is 12.9. The van der Waals surface area contributed by atoms with Crippen molar-refractivity contribution in [1.29, 1.82) is 0 Å². The highest BCUT2D eigenvalue weighted by atomic mass is 32.2. The fourth-order valence-electron chi connectivity index (χ4n) is 3.04. The van der Waals surface area contributed by atoms with Gasteiger partial charge >= 0.3 is 0 Å². The zero-order chi connectivity index (χ0) is 19.3. The van der Waals surface area contributed by atoms with Gasteiger partial charge in [-0.2, -0.15) is 0 Å². The number of hydrogen-bond donors (Lipinski definition) is 0. The number of benzene rings is 2. The van der Waals surface area contributed by atoms with Crippen LogP contribution in [0.2, 0.25) is 0 Å². The van der Waals surface area contributed by atoms with E-state index in [1.54, 1.807) is 31.4 Å². The molecular weight excluding hydrogens is 366 g/mol. The Hall–Kier alpha value is -2.09. The molecule has 6 nitrogen and oxygen atoms in total. The lowest BCUT2D eigenvalue weighted by molar-refractivity contribution is 0.0710. The van der Waals surface area contributed by atoms with Crippen molar-refractivity contribution < 1.29 is 22.6 Å². The Labute approximate surface area is 160 Å². The summed E-state index contributed by atoms with van der Waals surface area (Å²) < 4.78 is 40.1. The van der Waals surface area contributed by atoms with Crippen molar-refractivity contribution in [1.82, 2.24) is 4.90 Å². The molecule has 146 valence electrons. The van der Waals surface area contributed by atoms with E-state index in [-0.39, 0.29) is 11.0 Å². The minimum Gasteiger partial charge on any atom is -0.497 e. The average molecular weight is 391 g/mol. The van der Waals surface area contributed by atoms with Crippen LogP contribution in [0.15, 0.2) is 53.4 Å². The highest BCUT2D eigenvalue weighted by molar-refractivity contribution is 7.90. The molecule has 7 heteroatoms. The third-order valence-corrected chi connectivity index (χ3v) is 5.54. The molecule has 1 atom stereocenters. The van der Waals surface area contributed by atoms with Gasteiger partial charge in [-0.1, -0.05) is 12.1 Å². The number of hydrogen-bond acceptors (Lipinski definition) is 6. The standard InChI is InChI=1S/C20H25NO5S/c1-24-18-5-3-4-16(12-18)13-21-10-11-25-15-19(14-21)26-17-6-8-20(9-7-17)27(2,22)23/h3-9,12,19H,10-11,13-15H2,1-2H3. The fraction of sp³-hybridized carbons (Fsp3) is 0.400.